The highest BCUT2D eigenvalue weighted by molar-refractivity contribution is 9.10. The molecule has 0 saturated heterocycles. The summed E-state index contributed by atoms with van der Waals surface area (Å²) >= 11 is 3.42. The molecule has 1 rings (SSSR count). The van der Waals surface area contributed by atoms with Crippen LogP contribution in [0.1, 0.15) is 35.7 Å². The van der Waals surface area contributed by atoms with Crippen LogP contribution in [-0.4, -0.2) is 12.5 Å². The van der Waals surface area contributed by atoms with Crippen molar-refractivity contribution in [2.75, 3.05) is 6.54 Å². The Labute approximate surface area is 99.2 Å². The van der Waals surface area contributed by atoms with E-state index >= 15 is 0 Å². The molecule has 0 heterocycles. The summed E-state index contributed by atoms with van der Waals surface area (Å²) in [6.45, 7) is 4.80. The molecule has 1 aromatic rings. The van der Waals surface area contributed by atoms with E-state index in [-0.39, 0.29) is 5.91 Å². The van der Waals surface area contributed by atoms with Crippen LogP contribution in [0.5, 0.6) is 0 Å². The van der Waals surface area contributed by atoms with Crippen LogP contribution in [0.2, 0.25) is 0 Å². The lowest BCUT2D eigenvalue weighted by molar-refractivity contribution is 0.0952. The first-order valence-corrected chi connectivity index (χ1v) is 5.99. The Bertz CT molecular complexity index is 349. The molecule has 0 radical (unpaired) electrons. The van der Waals surface area contributed by atoms with Gasteiger partial charge in [-0.3, -0.25) is 4.79 Å². The van der Waals surface area contributed by atoms with Gasteiger partial charge in [0.15, 0.2) is 0 Å². The molecular weight excluding hydrogens is 254 g/mol. The number of carbonyl (C=O) groups is 1. The Hall–Kier alpha value is -0.830. The number of rotatable bonds is 4. The van der Waals surface area contributed by atoms with Gasteiger partial charge in [0.05, 0.1) is 0 Å². The first kappa shape index (κ1) is 12.2. The smallest absolute Gasteiger partial charge is 0.251 e. The lowest BCUT2D eigenvalue weighted by atomic mass is 10.1. The average molecular weight is 270 g/mol. The quantitative estimate of drug-likeness (QED) is 0.836. The van der Waals surface area contributed by atoms with Crippen LogP contribution >= 0.6 is 15.9 Å². The second-order valence-electron chi connectivity index (χ2n) is 3.52. The minimum absolute atomic E-state index is 0.0160. The van der Waals surface area contributed by atoms with Crippen molar-refractivity contribution in [2.45, 2.75) is 26.7 Å². The lowest BCUT2D eigenvalue weighted by Crippen LogP contribution is -2.25. The van der Waals surface area contributed by atoms with Crippen molar-refractivity contribution in [1.29, 1.82) is 0 Å². The molecule has 0 bridgehead atoms. The zero-order chi connectivity index (χ0) is 11.3. The molecule has 0 aliphatic heterocycles. The van der Waals surface area contributed by atoms with Crippen molar-refractivity contribution >= 4 is 21.8 Å². The van der Waals surface area contributed by atoms with Gasteiger partial charge >= 0.3 is 0 Å². The van der Waals surface area contributed by atoms with E-state index in [1.165, 1.54) is 0 Å². The van der Waals surface area contributed by atoms with Crippen molar-refractivity contribution in [3.63, 3.8) is 0 Å². The van der Waals surface area contributed by atoms with Crippen molar-refractivity contribution in [3.05, 3.63) is 33.8 Å². The summed E-state index contributed by atoms with van der Waals surface area (Å²) in [5.74, 6) is 0.0160. The van der Waals surface area contributed by atoms with Gasteiger partial charge in [0, 0.05) is 16.6 Å². The topological polar surface area (TPSA) is 29.1 Å². The van der Waals surface area contributed by atoms with Gasteiger partial charge in [-0.25, -0.2) is 0 Å². The molecule has 3 heteroatoms. The SMILES string of the molecule is CCCCNC(=O)c1cccc(Br)c1C. The summed E-state index contributed by atoms with van der Waals surface area (Å²) in [7, 11) is 0. The van der Waals surface area contributed by atoms with Crippen LogP contribution in [-0.2, 0) is 0 Å². The summed E-state index contributed by atoms with van der Waals surface area (Å²) in [5.41, 5.74) is 1.74. The third-order valence-electron chi connectivity index (χ3n) is 2.33. The lowest BCUT2D eigenvalue weighted by Gasteiger charge is -2.08. The maximum Gasteiger partial charge on any atom is 0.251 e. The molecule has 1 amide bonds. The monoisotopic (exact) mass is 269 g/mol. The molecule has 0 unspecified atom stereocenters. The van der Waals surface area contributed by atoms with Crippen molar-refractivity contribution < 1.29 is 4.79 Å². The van der Waals surface area contributed by atoms with E-state index in [1.807, 2.05) is 25.1 Å². The summed E-state index contributed by atoms with van der Waals surface area (Å²) in [6.07, 6.45) is 2.12. The van der Waals surface area contributed by atoms with E-state index in [9.17, 15) is 4.79 Å². The molecule has 0 aliphatic rings. The molecule has 15 heavy (non-hydrogen) atoms. The van der Waals surface area contributed by atoms with Crippen LogP contribution in [0.25, 0.3) is 0 Å². The maximum absolute atomic E-state index is 11.8. The van der Waals surface area contributed by atoms with Gasteiger partial charge in [0.2, 0.25) is 0 Å². The normalized spacial score (nSPS) is 10.1. The van der Waals surface area contributed by atoms with Crippen molar-refractivity contribution in [3.8, 4) is 0 Å². The van der Waals surface area contributed by atoms with Gasteiger partial charge in [-0.05, 0) is 31.0 Å². The van der Waals surface area contributed by atoms with Crippen LogP contribution in [0.4, 0.5) is 0 Å². The highest BCUT2D eigenvalue weighted by atomic mass is 79.9. The second kappa shape index (κ2) is 5.91. The Balaban J connectivity index is 2.69. The van der Waals surface area contributed by atoms with E-state index in [0.29, 0.717) is 0 Å². The van der Waals surface area contributed by atoms with E-state index in [0.717, 1.165) is 35.0 Å². The number of unbranched alkanes of at least 4 members (excludes halogenated alkanes) is 1. The number of carbonyl (C=O) groups excluding carboxylic acids is 1. The molecule has 0 atom stereocenters. The van der Waals surface area contributed by atoms with Gasteiger partial charge in [0.1, 0.15) is 0 Å². The Morgan fingerprint density at radius 2 is 2.20 bits per heavy atom. The summed E-state index contributed by atoms with van der Waals surface area (Å²) in [4.78, 5) is 11.8. The molecular formula is C12H16BrNO. The van der Waals surface area contributed by atoms with E-state index in [4.69, 9.17) is 0 Å². The molecule has 0 fully saturated rings. The number of nitrogens with one attached hydrogen (secondary N) is 1. The molecule has 1 N–H and O–H groups in total. The number of hydrogen-bond donors (Lipinski definition) is 1. The van der Waals surface area contributed by atoms with Crippen molar-refractivity contribution in [1.82, 2.24) is 5.32 Å². The maximum atomic E-state index is 11.8. The molecule has 1 aromatic carbocycles. The van der Waals surface area contributed by atoms with Crippen LogP contribution in [0.15, 0.2) is 22.7 Å². The van der Waals surface area contributed by atoms with Crippen LogP contribution in [0.3, 0.4) is 0 Å². The molecule has 0 spiro atoms. The fraction of sp³-hybridized carbons (Fsp3) is 0.417. The summed E-state index contributed by atoms with van der Waals surface area (Å²) < 4.78 is 0.977. The summed E-state index contributed by atoms with van der Waals surface area (Å²) in [5, 5.41) is 2.91. The van der Waals surface area contributed by atoms with Gasteiger partial charge in [-0.2, -0.15) is 0 Å². The standard InChI is InChI=1S/C12H16BrNO/c1-3-4-8-14-12(15)10-6-5-7-11(13)9(10)2/h5-7H,3-4,8H2,1-2H3,(H,14,15). The second-order valence-corrected chi connectivity index (χ2v) is 4.38. The number of hydrogen-bond acceptors (Lipinski definition) is 1. The van der Waals surface area contributed by atoms with E-state index in [1.54, 1.807) is 0 Å². The van der Waals surface area contributed by atoms with Gasteiger partial charge in [-0.1, -0.05) is 35.3 Å². The van der Waals surface area contributed by atoms with E-state index < -0.39 is 0 Å². The molecule has 0 aliphatic carbocycles. The summed E-state index contributed by atoms with van der Waals surface area (Å²) in [6, 6.07) is 5.67. The molecule has 2 nitrogen and oxygen atoms in total. The molecule has 0 saturated carbocycles. The highest BCUT2D eigenvalue weighted by Crippen LogP contribution is 2.19. The highest BCUT2D eigenvalue weighted by Gasteiger charge is 2.09. The first-order chi connectivity index (χ1) is 7.16. The molecule has 0 aromatic heterocycles. The third kappa shape index (κ3) is 3.34. The fourth-order valence-corrected chi connectivity index (χ4v) is 1.69. The van der Waals surface area contributed by atoms with E-state index in [2.05, 4.69) is 28.2 Å². The predicted octanol–water partition coefficient (Wildman–Crippen LogP) is 3.29. The Kier molecular flexibility index (Phi) is 4.82. The van der Waals surface area contributed by atoms with Crippen LogP contribution in [0, 0.1) is 6.92 Å². The largest absolute Gasteiger partial charge is 0.352 e. The van der Waals surface area contributed by atoms with Gasteiger partial charge < -0.3 is 5.32 Å². The average Bonchev–Trinajstić information content (AvgIpc) is 2.22. The van der Waals surface area contributed by atoms with Crippen LogP contribution < -0.4 is 5.32 Å². The van der Waals surface area contributed by atoms with Gasteiger partial charge in [0.25, 0.3) is 5.91 Å². The fourth-order valence-electron chi connectivity index (χ4n) is 1.33. The third-order valence-corrected chi connectivity index (χ3v) is 3.19. The van der Waals surface area contributed by atoms with Gasteiger partial charge in [-0.15, -0.1) is 0 Å². The minimum Gasteiger partial charge on any atom is -0.352 e. The number of benzene rings is 1. The first-order valence-electron chi connectivity index (χ1n) is 5.20. The number of amides is 1. The van der Waals surface area contributed by atoms with Crippen molar-refractivity contribution in [2.24, 2.45) is 0 Å². The molecule has 82 valence electrons. The minimum atomic E-state index is 0.0160. The zero-order valence-corrected chi connectivity index (χ0v) is 10.7. The predicted molar refractivity (Wildman–Crippen MR) is 66.1 cm³/mol. The Morgan fingerprint density at radius 1 is 1.47 bits per heavy atom. The Morgan fingerprint density at radius 3 is 2.87 bits per heavy atom. The zero-order valence-electron chi connectivity index (χ0n) is 9.14. The number of halogens is 1.